The van der Waals surface area contributed by atoms with Crippen molar-refractivity contribution < 1.29 is 19.4 Å². The van der Waals surface area contributed by atoms with Gasteiger partial charge in [0.15, 0.2) is 6.61 Å². The molecule has 17 heavy (non-hydrogen) atoms. The van der Waals surface area contributed by atoms with Crippen LogP contribution >= 0.6 is 0 Å². The van der Waals surface area contributed by atoms with Crippen molar-refractivity contribution in [2.24, 2.45) is 0 Å². The Morgan fingerprint density at radius 2 is 2.18 bits per heavy atom. The molecule has 1 heterocycles. The molecule has 0 bridgehead atoms. The zero-order valence-corrected chi connectivity index (χ0v) is 9.77. The topological polar surface area (TPSA) is 81.5 Å². The molecule has 1 fully saturated rings. The van der Waals surface area contributed by atoms with Crippen LogP contribution in [-0.2, 0) is 9.53 Å². The van der Waals surface area contributed by atoms with Gasteiger partial charge in [-0.3, -0.25) is 0 Å². The van der Waals surface area contributed by atoms with Crippen LogP contribution in [0.3, 0.4) is 0 Å². The molecular weight excluding hydrogens is 224 g/mol. The van der Waals surface area contributed by atoms with E-state index >= 15 is 0 Å². The van der Waals surface area contributed by atoms with Gasteiger partial charge in [0, 0.05) is 5.92 Å². The Labute approximate surface area is 98.6 Å². The molecule has 6 nitrogen and oxygen atoms in total. The maximum absolute atomic E-state index is 11.0. The third-order valence-electron chi connectivity index (χ3n) is 2.59. The van der Waals surface area contributed by atoms with Gasteiger partial charge in [-0.05, 0) is 19.8 Å². The molecule has 1 aromatic heterocycles. The van der Waals surface area contributed by atoms with E-state index in [1.54, 1.807) is 6.92 Å². The molecule has 2 rings (SSSR count). The number of ether oxygens (including phenoxy) is 2. The quantitative estimate of drug-likeness (QED) is 0.785. The van der Waals surface area contributed by atoms with Crippen molar-refractivity contribution in [3.8, 4) is 11.8 Å². The Balaban J connectivity index is 2.16. The van der Waals surface area contributed by atoms with Gasteiger partial charge in [0.05, 0.1) is 12.7 Å². The Kier molecular flexibility index (Phi) is 3.12. The average molecular weight is 238 g/mol. The van der Waals surface area contributed by atoms with E-state index in [4.69, 9.17) is 4.74 Å². The number of carbonyl (C=O) groups is 1. The lowest BCUT2D eigenvalue weighted by Crippen LogP contribution is -2.14. The minimum absolute atomic E-state index is 0.0956. The molecule has 1 saturated carbocycles. The van der Waals surface area contributed by atoms with Gasteiger partial charge in [0.1, 0.15) is 5.82 Å². The highest BCUT2D eigenvalue weighted by Crippen LogP contribution is 2.40. The Morgan fingerprint density at radius 1 is 1.47 bits per heavy atom. The lowest BCUT2D eigenvalue weighted by atomic mass is 10.3. The number of methoxy groups -OCH3 is 1. The summed E-state index contributed by atoms with van der Waals surface area (Å²) in [5, 5.41) is 9.63. The van der Waals surface area contributed by atoms with Crippen LogP contribution in [-0.4, -0.2) is 34.8 Å². The van der Waals surface area contributed by atoms with Gasteiger partial charge in [0.25, 0.3) is 0 Å². The fourth-order valence-electron chi connectivity index (χ4n) is 1.35. The van der Waals surface area contributed by atoms with E-state index in [2.05, 4.69) is 14.7 Å². The van der Waals surface area contributed by atoms with E-state index in [9.17, 15) is 9.90 Å². The average Bonchev–Trinajstić information content (AvgIpc) is 3.14. The van der Waals surface area contributed by atoms with Crippen molar-refractivity contribution in [1.82, 2.24) is 9.97 Å². The second-order valence-electron chi connectivity index (χ2n) is 3.97. The van der Waals surface area contributed by atoms with Crippen LogP contribution in [0.2, 0.25) is 0 Å². The van der Waals surface area contributed by atoms with Crippen LogP contribution in [0.5, 0.6) is 11.8 Å². The fraction of sp³-hybridized carbons (Fsp3) is 0.545. The van der Waals surface area contributed by atoms with Crippen LogP contribution < -0.4 is 4.74 Å². The van der Waals surface area contributed by atoms with Gasteiger partial charge in [-0.1, -0.05) is 0 Å². The van der Waals surface area contributed by atoms with Crippen molar-refractivity contribution in [3.63, 3.8) is 0 Å². The summed E-state index contributed by atoms with van der Waals surface area (Å²) >= 11 is 0. The molecule has 92 valence electrons. The van der Waals surface area contributed by atoms with E-state index in [1.165, 1.54) is 7.11 Å². The number of rotatable bonds is 4. The predicted octanol–water partition coefficient (Wildman–Crippen LogP) is 0.920. The number of aromatic nitrogens is 2. The molecule has 1 aliphatic carbocycles. The molecule has 0 amide bonds. The zero-order valence-electron chi connectivity index (χ0n) is 9.77. The summed E-state index contributed by atoms with van der Waals surface area (Å²) in [6.07, 6.45) is 2.05. The molecule has 1 aromatic rings. The minimum atomic E-state index is -0.490. The molecule has 6 heteroatoms. The number of aromatic hydroxyl groups is 1. The summed E-state index contributed by atoms with van der Waals surface area (Å²) in [6, 6.07) is 0. The molecule has 0 unspecified atom stereocenters. The first-order chi connectivity index (χ1) is 8.11. The first-order valence-corrected chi connectivity index (χ1v) is 5.39. The van der Waals surface area contributed by atoms with Crippen molar-refractivity contribution >= 4 is 5.97 Å². The van der Waals surface area contributed by atoms with Crippen LogP contribution in [0.4, 0.5) is 0 Å². The van der Waals surface area contributed by atoms with E-state index < -0.39 is 5.97 Å². The Bertz CT molecular complexity index is 443. The summed E-state index contributed by atoms with van der Waals surface area (Å²) in [6.45, 7) is 1.41. The molecule has 0 aromatic carbocycles. The largest absolute Gasteiger partial charge is 0.493 e. The maximum atomic E-state index is 11.0. The van der Waals surface area contributed by atoms with Crippen LogP contribution in [0, 0.1) is 6.92 Å². The SMILES string of the molecule is COC(=O)COc1nc(C2CC2)nc(O)c1C. The van der Waals surface area contributed by atoms with Gasteiger partial charge >= 0.3 is 5.97 Å². The number of carbonyl (C=O) groups excluding carboxylic acids is 1. The summed E-state index contributed by atoms with van der Waals surface area (Å²) in [4.78, 5) is 19.2. The predicted molar refractivity (Wildman–Crippen MR) is 57.9 cm³/mol. The minimum Gasteiger partial charge on any atom is -0.493 e. The second kappa shape index (κ2) is 4.57. The molecular formula is C11H14N2O4. The molecule has 1 aliphatic rings. The Hall–Kier alpha value is -1.85. The van der Waals surface area contributed by atoms with Crippen LogP contribution in [0.25, 0.3) is 0 Å². The highest BCUT2D eigenvalue weighted by Gasteiger charge is 2.28. The van der Waals surface area contributed by atoms with Crippen LogP contribution in [0.1, 0.15) is 30.1 Å². The number of esters is 1. The molecule has 1 N–H and O–H groups in total. The summed E-state index contributed by atoms with van der Waals surface area (Å²) in [7, 11) is 1.28. The van der Waals surface area contributed by atoms with Crippen LogP contribution in [0.15, 0.2) is 0 Å². The number of hydrogen-bond acceptors (Lipinski definition) is 6. The standard InChI is InChI=1S/C11H14N2O4/c1-6-10(15)12-9(7-3-4-7)13-11(6)17-5-8(14)16-2/h7H,3-5H2,1-2H3,(H,12,13,15). The van der Waals surface area contributed by atoms with Crippen molar-refractivity contribution in [2.45, 2.75) is 25.7 Å². The van der Waals surface area contributed by atoms with Gasteiger partial charge in [-0.15, -0.1) is 0 Å². The first kappa shape index (κ1) is 11.6. The smallest absolute Gasteiger partial charge is 0.343 e. The highest BCUT2D eigenvalue weighted by molar-refractivity contribution is 5.70. The zero-order chi connectivity index (χ0) is 12.4. The molecule has 0 saturated heterocycles. The molecule has 0 radical (unpaired) electrons. The molecule has 0 atom stereocenters. The van der Waals surface area contributed by atoms with Crippen molar-refractivity contribution in [3.05, 3.63) is 11.4 Å². The highest BCUT2D eigenvalue weighted by atomic mass is 16.6. The summed E-state index contributed by atoms with van der Waals surface area (Å²) in [5.74, 6) is 0.539. The normalized spacial score (nSPS) is 14.5. The Morgan fingerprint density at radius 3 is 2.76 bits per heavy atom. The summed E-state index contributed by atoms with van der Waals surface area (Å²) in [5.41, 5.74) is 0.429. The number of nitrogens with zero attached hydrogens (tertiary/aromatic N) is 2. The molecule has 0 aliphatic heterocycles. The lowest BCUT2D eigenvalue weighted by Gasteiger charge is -2.09. The fourth-order valence-corrected chi connectivity index (χ4v) is 1.35. The van der Waals surface area contributed by atoms with Gasteiger partial charge in [0.2, 0.25) is 11.8 Å². The van der Waals surface area contributed by atoms with Crippen molar-refractivity contribution in [2.75, 3.05) is 13.7 Å². The van der Waals surface area contributed by atoms with Gasteiger partial charge < -0.3 is 14.6 Å². The van der Waals surface area contributed by atoms with Gasteiger partial charge in [-0.25, -0.2) is 4.79 Å². The monoisotopic (exact) mass is 238 g/mol. The third-order valence-corrected chi connectivity index (χ3v) is 2.59. The van der Waals surface area contributed by atoms with E-state index in [-0.39, 0.29) is 18.4 Å². The number of hydrogen-bond donors (Lipinski definition) is 1. The second-order valence-corrected chi connectivity index (χ2v) is 3.97. The van der Waals surface area contributed by atoms with Gasteiger partial charge in [-0.2, -0.15) is 9.97 Å². The van der Waals surface area contributed by atoms with E-state index in [1.807, 2.05) is 0 Å². The third kappa shape index (κ3) is 2.64. The van der Waals surface area contributed by atoms with E-state index in [0.29, 0.717) is 17.3 Å². The first-order valence-electron chi connectivity index (χ1n) is 5.39. The lowest BCUT2D eigenvalue weighted by molar-refractivity contribution is -0.143. The molecule has 0 spiro atoms. The maximum Gasteiger partial charge on any atom is 0.343 e. The van der Waals surface area contributed by atoms with Crippen molar-refractivity contribution in [1.29, 1.82) is 0 Å². The van der Waals surface area contributed by atoms with E-state index in [0.717, 1.165) is 12.8 Å². The summed E-state index contributed by atoms with van der Waals surface area (Å²) < 4.78 is 9.67.